The molecule has 0 saturated heterocycles. The molecule has 0 fully saturated rings. The van der Waals surface area contributed by atoms with E-state index in [1.54, 1.807) is 0 Å². The fourth-order valence-corrected chi connectivity index (χ4v) is 6.99. The maximum Gasteiger partial charge on any atom is 0.472 e. The van der Waals surface area contributed by atoms with Crippen LogP contribution in [0.2, 0.25) is 0 Å². The molecular weight excluding hydrogens is 701 g/mol. The third kappa shape index (κ3) is 41.6. The summed E-state index contributed by atoms with van der Waals surface area (Å²) in [5.41, 5.74) is 0. The molecule has 0 aliphatic heterocycles. The minimum Gasteiger partial charge on any atom is -0.463 e. The van der Waals surface area contributed by atoms with E-state index in [0.717, 1.165) is 44.9 Å². The maximum atomic E-state index is 12.1. The zero-order chi connectivity index (χ0) is 39.6. The van der Waals surface area contributed by atoms with Crippen molar-refractivity contribution in [3.05, 3.63) is 24.3 Å². The molecule has 0 saturated carbocycles. The number of phosphoric acid groups is 1. The second kappa shape index (κ2) is 41.1. The molecule has 0 heterocycles. The number of allylic oxidation sites excluding steroid dienone is 4. The van der Waals surface area contributed by atoms with Crippen LogP contribution in [0, 0.1) is 0 Å². The smallest absolute Gasteiger partial charge is 0.463 e. The number of amides is 1. The molecule has 0 rings (SSSR count). The molecule has 318 valence electrons. The van der Waals surface area contributed by atoms with E-state index in [4.69, 9.17) is 13.8 Å². The Kier molecular flexibility index (Phi) is 40.0. The van der Waals surface area contributed by atoms with Crippen LogP contribution in [-0.4, -0.2) is 54.3 Å². The van der Waals surface area contributed by atoms with Gasteiger partial charge in [0.1, 0.15) is 12.7 Å². The lowest BCUT2D eigenvalue weighted by atomic mass is 10.0. The van der Waals surface area contributed by atoms with Gasteiger partial charge in [0.05, 0.1) is 13.2 Å². The lowest BCUT2D eigenvalue weighted by molar-refractivity contribution is -0.147. The molecule has 0 aromatic heterocycles. The summed E-state index contributed by atoms with van der Waals surface area (Å²) in [6.07, 6.45) is 43.9. The van der Waals surface area contributed by atoms with Gasteiger partial charge in [-0.25, -0.2) is 4.57 Å². The van der Waals surface area contributed by atoms with E-state index in [0.29, 0.717) is 6.42 Å². The van der Waals surface area contributed by atoms with Crippen LogP contribution in [0.3, 0.4) is 0 Å². The normalized spacial score (nSPS) is 13.5. The van der Waals surface area contributed by atoms with Crippen molar-refractivity contribution in [2.24, 2.45) is 0 Å². The third-order valence-corrected chi connectivity index (χ3v) is 10.6. The highest BCUT2D eigenvalue weighted by molar-refractivity contribution is 7.47. The van der Waals surface area contributed by atoms with Gasteiger partial charge in [-0.15, -0.1) is 0 Å². The van der Waals surface area contributed by atoms with Gasteiger partial charge in [0.25, 0.3) is 0 Å². The Balaban J connectivity index is 3.56. The number of carbonyl (C=O) groups is 2. The predicted octanol–water partition coefficient (Wildman–Crippen LogP) is 12.4. The summed E-state index contributed by atoms with van der Waals surface area (Å²) in [5.74, 6) is -0.513. The van der Waals surface area contributed by atoms with E-state index in [2.05, 4.69) is 43.5 Å². The van der Waals surface area contributed by atoms with Crippen molar-refractivity contribution in [3.63, 3.8) is 0 Å². The maximum absolute atomic E-state index is 12.1. The Morgan fingerprint density at radius 2 is 1.00 bits per heavy atom. The fourth-order valence-electron chi connectivity index (χ4n) is 6.23. The van der Waals surface area contributed by atoms with Crippen molar-refractivity contribution in [2.75, 3.05) is 26.4 Å². The van der Waals surface area contributed by atoms with E-state index in [1.165, 1.54) is 141 Å². The number of esters is 1. The Morgan fingerprint density at radius 1 is 0.574 bits per heavy atom. The average molecular weight is 786 g/mol. The first-order chi connectivity index (χ1) is 26.3. The summed E-state index contributed by atoms with van der Waals surface area (Å²) < 4.78 is 26.9. The van der Waals surface area contributed by atoms with Gasteiger partial charge in [0, 0.05) is 19.4 Å². The molecule has 0 aliphatic carbocycles. The van der Waals surface area contributed by atoms with E-state index in [-0.39, 0.29) is 32.1 Å². The Hall–Kier alpha value is -1.51. The first-order valence-electron chi connectivity index (χ1n) is 22.3. The second-order valence-corrected chi connectivity index (χ2v) is 16.5. The molecule has 2 atom stereocenters. The Bertz CT molecular complexity index is 944. The number of nitrogens with one attached hydrogen (secondary N) is 1. The van der Waals surface area contributed by atoms with E-state index in [1.807, 2.05) is 0 Å². The number of hydrogen-bond donors (Lipinski definition) is 3. The molecule has 0 radical (unpaired) electrons. The molecule has 0 aromatic rings. The molecule has 0 spiro atoms. The molecule has 0 aliphatic rings. The summed E-state index contributed by atoms with van der Waals surface area (Å²) in [5, 5.41) is 12.7. The van der Waals surface area contributed by atoms with Gasteiger partial charge in [-0.3, -0.25) is 18.6 Å². The first-order valence-corrected chi connectivity index (χ1v) is 23.8. The van der Waals surface area contributed by atoms with Gasteiger partial charge in [-0.1, -0.05) is 179 Å². The summed E-state index contributed by atoms with van der Waals surface area (Å²) >= 11 is 0. The minimum atomic E-state index is -4.41. The quantitative estimate of drug-likeness (QED) is 0.0241. The number of aliphatic hydroxyl groups excluding tert-OH is 1. The van der Waals surface area contributed by atoms with Gasteiger partial charge >= 0.3 is 13.8 Å². The molecule has 3 N–H and O–H groups in total. The number of unbranched alkanes of at least 4 members (excludes halogenated alkanes) is 25. The number of carbonyl (C=O) groups excluding carboxylic acids is 2. The molecule has 10 heteroatoms. The fraction of sp³-hybridized carbons (Fsp3) is 0.864. The molecule has 2 unspecified atom stereocenters. The average Bonchev–Trinajstić information content (AvgIpc) is 3.16. The topological polar surface area (TPSA) is 131 Å². The lowest BCUT2D eigenvalue weighted by Crippen LogP contribution is -2.27. The van der Waals surface area contributed by atoms with Gasteiger partial charge in [-0.2, -0.15) is 0 Å². The van der Waals surface area contributed by atoms with E-state index >= 15 is 0 Å². The number of phosphoric ester groups is 1. The largest absolute Gasteiger partial charge is 0.472 e. The van der Waals surface area contributed by atoms with Crippen LogP contribution in [-0.2, 0) is 27.9 Å². The number of ether oxygens (including phenoxy) is 1. The molecule has 54 heavy (non-hydrogen) atoms. The molecular formula is C44H84NO8P. The van der Waals surface area contributed by atoms with Crippen LogP contribution in [0.1, 0.15) is 213 Å². The highest BCUT2D eigenvalue weighted by Gasteiger charge is 2.23. The standard InChI is InChI=1S/C44H84NO8P/c1-3-5-7-9-11-13-15-17-18-19-20-21-22-23-24-25-26-28-30-32-34-36-43(47)45-38-39-52-54(49,50)53-41-42(46)40-51-44(48)37-35-33-31-29-27-16-14-12-10-8-6-4-2/h11,13,17-18,42,46H,3-10,12,14-16,19-41H2,1-2H3,(H,45,47)(H,49,50)/b13-11-,18-17-. The zero-order valence-corrected chi connectivity index (χ0v) is 35.8. The van der Waals surface area contributed by atoms with Crippen molar-refractivity contribution in [1.82, 2.24) is 5.32 Å². The number of rotatable bonds is 42. The first kappa shape index (κ1) is 52.5. The van der Waals surface area contributed by atoms with Crippen LogP contribution in [0.25, 0.3) is 0 Å². The molecule has 0 aromatic carbocycles. The van der Waals surface area contributed by atoms with Crippen LogP contribution in [0.15, 0.2) is 24.3 Å². The van der Waals surface area contributed by atoms with Crippen molar-refractivity contribution >= 4 is 19.7 Å². The lowest BCUT2D eigenvalue weighted by Gasteiger charge is -2.15. The SMILES string of the molecule is CCCCC/C=C\C/C=C\CCCCCCCCCCCCCC(=O)NCCOP(=O)(O)OCC(O)COC(=O)CCCCCCCCCCCCCC. The number of hydrogen-bond acceptors (Lipinski definition) is 7. The van der Waals surface area contributed by atoms with Crippen LogP contribution in [0.4, 0.5) is 0 Å². The van der Waals surface area contributed by atoms with Gasteiger partial charge in [-0.05, 0) is 44.9 Å². The molecule has 1 amide bonds. The van der Waals surface area contributed by atoms with Crippen molar-refractivity contribution in [3.8, 4) is 0 Å². The summed E-state index contributed by atoms with van der Waals surface area (Å²) in [6.45, 7) is 3.54. The Morgan fingerprint density at radius 3 is 1.52 bits per heavy atom. The molecule has 0 bridgehead atoms. The van der Waals surface area contributed by atoms with Gasteiger partial charge < -0.3 is 20.1 Å². The minimum absolute atomic E-state index is 0.0829. The summed E-state index contributed by atoms with van der Waals surface area (Å²) in [6, 6.07) is 0. The van der Waals surface area contributed by atoms with Crippen LogP contribution in [0.5, 0.6) is 0 Å². The highest BCUT2D eigenvalue weighted by Crippen LogP contribution is 2.42. The Labute approximate surface area is 331 Å². The van der Waals surface area contributed by atoms with Crippen molar-refractivity contribution < 1.29 is 37.9 Å². The van der Waals surface area contributed by atoms with Gasteiger partial charge in [0.2, 0.25) is 5.91 Å². The van der Waals surface area contributed by atoms with Crippen molar-refractivity contribution in [1.29, 1.82) is 0 Å². The van der Waals surface area contributed by atoms with Crippen LogP contribution >= 0.6 is 7.82 Å². The predicted molar refractivity (Wildman–Crippen MR) is 224 cm³/mol. The highest BCUT2D eigenvalue weighted by atomic mass is 31.2. The monoisotopic (exact) mass is 786 g/mol. The number of aliphatic hydroxyl groups is 1. The van der Waals surface area contributed by atoms with Crippen LogP contribution < -0.4 is 5.32 Å². The second-order valence-electron chi connectivity index (χ2n) is 15.0. The van der Waals surface area contributed by atoms with Gasteiger partial charge in [0.15, 0.2) is 0 Å². The summed E-state index contributed by atoms with van der Waals surface area (Å²) in [7, 11) is -4.41. The summed E-state index contributed by atoms with van der Waals surface area (Å²) in [4.78, 5) is 33.9. The van der Waals surface area contributed by atoms with E-state index in [9.17, 15) is 24.2 Å². The zero-order valence-electron chi connectivity index (χ0n) is 34.9. The molecule has 9 nitrogen and oxygen atoms in total. The van der Waals surface area contributed by atoms with Crippen molar-refractivity contribution in [2.45, 2.75) is 219 Å². The van der Waals surface area contributed by atoms with E-state index < -0.39 is 26.5 Å². The third-order valence-electron chi connectivity index (χ3n) is 9.63.